The number of para-hydroxylation sites is 2. The van der Waals surface area contributed by atoms with E-state index in [9.17, 15) is 9.59 Å². The van der Waals surface area contributed by atoms with Gasteiger partial charge in [-0.2, -0.15) is 5.10 Å². The number of esters is 1. The standard InChI is InChI=1S/C22H18N2O7/c1-27-19-11-15(30-22(26)18-7-4-10-28-18)9-8-14(19)12-23-24-21(25)20-13-29-16-5-2-3-6-17(16)31-20/h2-12,20H,13H2,1H3,(H,24,25)/t20-/m0/s1. The molecule has 158 valence electrons. The topological polar surface area (TPSA) is 109 Å². The Morgan fingerprint density at radius 3 is 2.74 bits per heavy atom. The number of amides is 1. The Bertz CT molecular complexity index is 1110. The zero-order chi connectivity index (χ0) is 21.6. The first-order valence-corrected chi connectivity index (χ1v) is 9.29. The average molecular weight is 422 g/mol. The maximum Gasteiger partial charge on any atom is 0.379 e. The van der Waals surface area contributed by atoms with Crippen molar-refractivity contribution in [3.63, 3.8) is 0 Å². The van der Waals surface area contributed by atoms with Gasteiger partial charge in [0.25, 0.3) is 5.91 Å². The molecule has 1 amide bonds. The van der Waals surface area contributed by atoms with Crippen molar-refractivity contribution in [2.45, 2.75) is 6.10 Å². The van der Waals surface area contributed by atoms with Crippen molar-refractivity contribution in [1.29, 1.82) is 0 Å². The van der Waals surface area contributed by atoms with Gasteiger partial charge in [-0.25, -0.2) is 10.2 Å². The molecule has 0 fully saturated rings. The minimum atomic E-state index is -0.822. The Labute approximate surface area is 177 Å². The largest absolute Gasteiger partial charge is 0.496 e. The molecule has 9 nitrogen and oxygen atoms in total. The summed E-state index contributed by atoms with van der Waals surface area (Å²) in [7, 11) is 1.47. The first kappa shape index (κ1) is 20.0. The van der Waals surface area contributed by atoms with E-state index in [4.69, 9.17) is 23.4 Å². The number of nitrogens with zero attached hydrogens (tertiary/aromatic N) is 1. The van der Waals surface area contributed by atoms with Crippen LogP contribution in [0.3, 0.4) is 0 Å². The number of rotatable bonds is 6. The summed E-state index contributed by atoms with van der Waals surface area (Å²) >= 11 is 0. The Morgan fingerprint density at radius 1 is 1.13 bits per heavy atom. The molecule has 0 aliphatic carbocycles. The Kier molecular flexibility index (Phi) is 5.84. The average Bonchev–Trinajstić information content (AvgIpc) is 3.34. The lowest BCUT2D eigenvalue weighted by Gasteiger charge is -2.24. The fourth-order valence-electron chi connectivity index (χ4n) is 2.80. The van der Waals surface area contributed by atoms with Gasteiger partial charge < -0.3 is 23.4 Å². The maximum atomic E-state index is 12.3. The van der Waals surface area contributed by atoms with Gasteiger partial charge in [0.2, 0.25) is 11.9 Å². The number of methoxy groups -OCH3 is 1. The molecule has 31 heavy (non-hydrogen) atoms. The molecule has 1 aromatic heterocycles. The van der Waals surface area contributed by atoms with Crippen molar-refractivity contribution < 1.29 is 33.0 Å². The third-order valence-electron chi connectivity index (χ3n) is 4.32. The summed E-state index contributed by atoms with van der Waals surface area (Å²) in [6.45, 7) is 0.0808. The molecule has 0 spiro atoms. The molecule has 0 radical (unpaired) electrons. The zero-order valence-electron chi connectivity index (χ0n) is 16.4. The molecule has 0 unspecified atom stereocenters. The van der Waals surface area contributed by atoms with Gasteiger partial charge >= 0.3 is 5.97 Å². The van der Waals surface area contributed by atoms with Gasteiger partial charge in [0.05, 0.1) is 19.6 Å². The van der Waals surface area contributed by atoms with E-state index in [1.54, 1.807) is 36.4 Å². The minimum Gasteiger partial charge on any atom is -0.496 e. The number of fused-ring (bicyclic) bond motifs is 1. The van der Waals surface area contributed by atoms with Crippen LogP contribution in [-0.4, -0.2) is 37.9 Å². The normalized spacial score (nSPS) is 14.8. The van der Waals surface area contributed by atoms with E-state index in [1.165, 1.54) is 31.7 Å². The lowest BCUT2D eigenvalue weighted by atomic mass is 10.2. The summed E-state index contributed by atoms with van der Waals surface area (Å²) in [6.07, 6.45) is 1.97. The van der Waals surface area contributed by atoms with Gasteiger partial charge in [-0.1, -0.05) is 12.1 Å². The summed E-state index contributed by atoms with van der Waals surface area (Å²) in [5, 5.41) is 3.95. The van der Waals surface area contributed by atoms with Crippen LogP contribution in [0.5, 0.6) is 23.0 Å². The smallest absolute Gasteiger partial charge is 0.379 e. The predicted octanol–water partition coefficient (Wildman–Crippen LogP) is 2.80. The SMILES string of the molecule is COc1cc(OC(=O)c2ccco2)ccc1C=NNC(=O)[C@@H]1COc2ccccc2O1. The molecule has 0 bridgehead atoms. The zero-order valence-corrected chi connectivity index (χ0v) is 16.4. The van der Waals surface area contributed by atoms with Crippen LogP contribution in [0, 0.1) is 0 Å². The van der Waals surface area contributed by atoms with Gasteiger partial charge in [-0.3, -0.25) is 4.79 Å². The van der Waals surface area contributed by atoms with E-state index < -0.39 is 18.0 Å². The van der Waals surface area contributed by atoms with Gasteiger partial charge in [0, 0.05) is 11.6 Å². The Balaban J connectivity index is 1.37. The molecule has 1 atom stereocenters. The molecule has 3 aromatic rings. The summed E-state index contributed by atoms with van der Waals surface area (Å²) in [5.74, 6) is 0.765. The number of hydrazone groups is 1. The highest BCUT2D eigenvalue weighted by Crippen LogP contribution is 2.30. The number of hydrogen-bond donors (Lipinski definition) is 1. The number of hydrogen-bond acceptors (Lipinski definition) is 8. The third kappa shape index (κ3) is 4.67. The number of carbonyl (C=O) groups excluding carboxylic acids is 2. The van der Waals surface area contributed by atoms with Gasteiger partial charge in [-0.15, -0.1) is 0 Å². The van der Waals surface area contributed by atoms with Crippen LogP contribution in [-0.2, 0) is 4.79 Å². The number of nitrogens with one attached hydrogen (secondary N) is 1. The van der Waals surface area contributed by atoms with Crippen molar-refractivity contribution in [2.75, 3.05) is 13.7 Å². The predicted molar refractivity (Wildman–Crippen MR) is 109 cm³/mol. The number of carbonyl (C=O) groups is 2. The fraction of sp³-hybridized carbons (Fsp3) is 0.136. The van der Waals surface area contributed by atoms with Gasteiger partial charge in [0.1, 0.15) is 18.1 Å². The van der Waals surface area contributed by atoms with E-state index in [0.717, 1.165) is 0 Å². The van der Waals surface area contributed by atoms with Crippen LogP contribution in [0.15, 0.2) is 70.4 Å². The summed E-state index contributed by atoms with van der Waals surface area (Å²) < 4.78 is 26.7. The van der Waals surface area contributed by atoms with Crippen LogP contribution in [0.1, 0.15) is 16.1 Å². The summed E-state index contributed by atoms with van der Waals surface area (Å²) in [5.41, 5.74) is 2.98. The summed E-state index contributed by atoms with van der Waals surface area (Å²) in [6, 6.07) is 14.9. The van der Waals surface area contributed by atoms with Crippen LogP contribution in [0.2, 0.25) is 0 Å². The van der Waals surface area contributed by atoms with Crippen LogP contribution < -0.4 is 24.4 Å². The molecule has 1 aliphatic heterocycles. The van der Waals surface area contributed by atoms with E-state index in [1.807, 2.05) is 6.07 Å². The number of furan rings is 1. The van der Waals surface area contributed by atoms with Crippen molar-refractivity contribution in [3.05, 3.63) is 72.2 Å². The van der Waals surface area contributed by atoms with Crippen molar-refractivity contribution in [3.8, 4) is 23.0 Å². The first-order chi connectivity index (χ1) is 15.1. The van der Waals surface area contributed by atoms with Gasteiger partial charge in [0.15, 0.2) is 11.5 Å². The van der Waals surface area contributed by atoms with E-state index in [2.05, 4.69) is 10.5 Å². The fourth-order valence-corrected chi connectivity index (χ4v) is 2.80. The quantitative estimate of drug-likeness (QED) is 0.282. The lowest BCUT2D eigenvalue weighted by molar-refractivity contribution is -0.130. The highest BCUT2D eigenvalue weighted by molar-refractivity contribution is 5.89. The third-order valence-corrected chi connectivity index (χ3v) is 4.32. The second-order valence-electron chi connectivity index (χ2n) is 6.37. The van der Waals surface area contributed by atoms with Crippen LogP contribution >= 0.6 is 0 Å². The van der Waals surface area contributed by atoms with Crippen LogP contribution in [0.25, 0.3) is 0 Å². The van der Waals surface area contributed by atoms with Crippen LogP contribution in [0.4, 0.5) is 0 Å². The monoisotopic (exact) mass is 422 g/mol. The minimum absolute atomic E-state index is 0.0808. The summed E-state index contributed by atoms with van der Waals surface area (Å²) in [4.78, 5) is 24.3. The van der Waals surface area contributed by atoms with Crippen molar-refractivity contribution >= 4 is 18.1 Å². The molecular weight excluding hydrogens is 404 g/mol. The van der Waals surface area contributed by atoms with E-state index in [0.29, 0.717) is 22.8 Å². The van der Waals surface area contributed by atoms with Gasteiger partial charge in [-0.05, 0) is 36.4 Å². The molecule has 1 N–H and O–H groups in total. The number of ether oxygens (including phenoxy) is 4. The lowest BCUT2D eigenvalue weighted by Crippen LogP contribution is -2.42. The van der Waals surface area contributed by atoms with Crippen molar-refractivity contribution in [2.24, 2.45) is 5.10 Å². The molecule has 9 heteroatoms. The maximum absolute atomic E-state index is 12.3. The highest BCUT2D eigenvalue weighted by atomic mass is 16.6. The molecule has 0 saturated heterocycles. The molecule has 1 aliphatic rings. The van der Waals surface area contributed by atoms with Crippen molar-refractivity contribution in [1.82, 2.24) is 5.43 Å². The van der Waals surface area contributed by atoms with E-state index in [-0.39, 0.29) is 18.1 Å². The molecule has 2 aromatic carbocycles. The Hall–Kier alpha value is -4.27. The molecule has 0 saturated carbocycles. The first-order valence-electron chi connectivity index (χ1n) is 9.29. The molecular formula is C22H18N2O7. The van der Waals surface area contributed by atoms with E-state index >= 15 is 0 Å². The molecule has 4 rings (SSSR count). The Morgan fingerprint density at radius 2 is 1.97 bits per heavy atom. The second-order valence-corrected chi connectivity index (χ2v) is 6.37. The number of benzene rings is 2. The molecule has 2 heterocycles. The highest BCUT2D eigenvalue weighted by Gasteiger charge is 2.27. The second kappa shape index (κ2) is 9.04.